The van der Waals surface area contributed by atoms with Crippen molar-refractivity contribution in [3.8, 4) is 0 Å². The number of furan rings is 1. The Morgan fingerprint density at radius 1 is 1.42 bits per heavy atom. The highest BCUT2D eigenvalue weighted by Gasteiger charge is 2.34. The lowest BCUT2D eigenvalue weighted by Crippen LogP contribution is -2.57. The minimum atomic E-state index is -1.52. The summed E-state index contributed by atoms with van der Waals surface area (Å²) in [6, 6.07) is 5.86. The molecular formula is C18H22N2O4. The van der Waals surface area contributed by atoms with Crippen LogP contribution in [0.3, 0.4) is 0 Å². The summed E-state index contributed by atoms with van der Waals surface area (Å²) in [6.45, 7) is 2.52. The van der Waals surface area contributed by atoms with E-state index in [-0.39, 0.29) is 0 Å². The molecule has 1 aromatic heterocycles. The Bertz CT molecular complexity index is 807. The highest BCUT2D eigenvalue weighted by Crippen LogP contribution is 2.34. The number of primary amides is 1. The Balaban J connectivity index is 1.96. The molecule has 4 N–H and O–H groups in total. The van der Waals surface area contributed by atoms with Crippen molar-refractivity contribution < 1.29 is 19.1 Å². The van der Waals surface area contributed by atoms with Gasteiger partial charge in [0, 0.05) is 5.39 Å². The van der Waals surface area contributed by atoms with E-state index >= 15 is 0 Å². The van der Waals surface area contributed by atoms with Crippen LogP contribution in [0.1, 0.15) is 41.4 Å². The molecule has 0 radical (unpaired) electrons. The van der Waals surface area contributed by atoms with Crippen molar-refractivity contribution in [3.63, 3.8) is 0 Å². The second kappa shape index (κ2) is 5.94. The summed E-state index contributed by atoms with van der Waals surface area (Å²) in [5.74, 6) is -0.0699. The van der Waals surface area contributed by atoms with Crippen LogP contribution in [0.5, 0.6) is 0 Å². The number of fused-ring (bicyclic) bond motifs is 1. The molecule has 0 spiro atoms. The monoisotopic (exact) mass is 330 g/mol. The van der Waals surface area contributed by atoms with Gasteiger partial charge in [-0.15, -0.1) is 0 Å². The third kappa shape index (κ3) is 3.01. The molecule has 1 aliphatic carbocycles. The molecule has 2 amide bonds. The number of carbonyl (C=O) groups is 2. The van der Waals surface area contributed by atoms with Gasteiger partial charge in [-0.25, -0.2) is 0 Å². The molecule has 0 unspecified atom stereocenters. The molecule has 1 saturated carbocycles. The van der Waals surface area contributed by atoms with Gasteiger partial charge in [-0.3, -0.25) is 9.59 Å². The molecule has 1 aliphatic rings. The number of aliphatic hydroxyl groups is 1. The van der Waals surface area contributed by atoms with E-state index in [1.165, 1.54) is 25.3 Å². The van der Waals surface area contributed by atoms with E-state index in [0.717, 1.165) is 12.3 Å². The smallest absolute Gasteiger partial charge is 0.256 e. The van der Waals surface area contributed by atoms with Crippen molar-refractivity contribution >= 4 is 22.8 Å². The van der Waals surface area contributed by atoms with Crippen molar-refractivity contribution in [3.05, 3.63) is 35.1 Å². The lowest BCUT2D eigenvalue weighted by Gasteiger charge is -2.24. The van der Waals surface area contributed by atoms with Crippen molar-refractivity contribution in [1.82, 2.24) is 5.32 Å². The van der Waals surface area contributed by atoms with Gasteiger partial charge >= 0.3 is 0 Å². The molecule has 0 bridgehead atoms. The Morgan fingerprint density at radius 2 is 2.12 bits per heavy atom. The Labute approximate surface area is 140 Å². The van der Waals surface area contributed by atoms with Gasteiger partial charge in [0.2, 0.25) is 5.91 Å². The molecule has 1 fully saturated rings. The van der Waals surface area contributed by atoms with Crippen LogP contribution >= 0.6 is 0 Å². The quantitative estimate of drug-likeness (QED) is 0.749. The van der Waals surface area contributed by atoms with Gasteiger partial charge in [0.15, 0.2) is 0 Å². The van der Waals surface area contributed by atoms with Crippen LogP contribution in [0.2, 0.25) is 0 Å². The van der Waals surface area contributed by atoms with Gasteiger partial charge < -0.3 is 20.6 Å². The average Bonchev–Trinajstić information content (AvgIpc) is 3.27. The van der Waals surface area contributed by atoms with Gasteiger partial charge in [-0.1, -0.05) is 6.07 Å². The molecular weight excluding hydrogens is 308 g/mol. The molecule has 3 rings (SSSR count). The first-order chi connectivity index (χ1) is 11.3. The van der Waals surface area contributed by atoms with E-state index in [9.17, 15) is 14.7 Å². The fourth-order valence-corrected chi connectivity index (χ4v) is 2.82. The molecule has 2 aromatic rings. The number of nitrogens with two attached hydrogens (primary N) is 1. The molecule has 1 aromatic carbocycles. The number of hydrogen-bond donors (Lipinski definition) is 3. The maximum absolute atomic E-state index is 12.7. The number of benzene rings is 1. The topological polar surface area (TPSA) is 106 Å². The molecule has 1 atom stereocenters. The van der Waals surface area contributed by atoms with Crippen LogP contribution in [0.4, 0.5) is 0 Å². The molecule has 128 valence electrons. The Kier molecular flexibility index (Phi) is 4.09. The first kappa shape index (κ1) is 16.5. The van der Waals surface area contributed by atoms with Crippen molar-refractivity contribution in [2.45, 2.75) is 38.6 Å². The first-order valence-electron chi connectivity index (χ1n) is 8.09. The van der Waals surface area contributed by atoms with Crippen LogP contribution in [0.25, 0.3) is 11.0 Å². The van der Waals surface area contributed by atoms with Gasteiger partial charge in [0.25, 0.3) is 5.91 Å². The van der Waals surface area contributed by atoms with E-state index in [1.54, 1.807) is 6.92 Å². The highest BCUT2D eigenvalue weighted by atomic mass is 16.3. The van der Waals surface area contributed by atoms with Gasteiger partial charge in [0.1, 0.15) is 16.9 Å². The SMILES string of the molecule is Cc1oc2ccc(CC3CC3)cc2c1C(=O)N[C@@](C)(CO)C(N)=O. The number of hydrogen-bond acceptors (Lipinski definition) is 4. The van der Waals surface area contributed by atoms with Gasteiger partial charge in [0.05, 0.1) is 12.2 Å². The Hall–Kier alpha value is -2.34. The van der Waals surface area contributed by atoms with Crippen molar-refractivity contribution in [2.24, 2.45) is 11.7 Å². The normalized spacial score (nSPS) is 16.8. The summed E-state index contributed by atoms with van der Waals surface area (Å²) in [5.41, 5.74) is 5.94. The molecule has 6 nitrogen and oxygen atoms in total. The molecule has 6 heteroatoms. The third-order valence-corrected chi connectivity index (χ3v) is 4.63. The molecule has 0 saturated heterocycles. The van der Waals surface area contributed by atoms with E-state index in [2.05, 4.69) is 5.32 Å². The van der Waals surface area contributed by atoms with Crippen LogP contribution in [0, 0.1) is 12.8 Å². The number of amides is 2. The minimum Gasteiger partial charge on any atom is -0.461 e. The first-order valence-corrected chi connectivity index (χ1v) is 8.09. The van der Waals surface area contributed by atoms with Crippen LogP contribution in [0.15, 0.2) is 22.6 Å². The molecule has 0 aliphatic heterocycles. The largest absolute Gasteiger partial charge is 0.461 e. The van der Waals surface area contributed by atoms with Gasteiger partial charge in [-0.2, -0.15) is 0 Å². The maximum atomic E-state index is 12.7. The summed E-state index contributed by atoms with van der Waals surface area (Å²) in [6.07, 6.45) is 3.50. The number of rotatable bonds is 6. The zero-order valence-corrected chi connectivity index (χ0v) is 13.9. The molecule has 24 heavy (non-hydrogen) atoms. The summed E-state index contributed by atoms with van der Waals surface area (Å²) >= 11 is 0. The minimum absolute atomic E-state index is 0.378. The standard InChI is InChI=1S/C18H22N2O4/c1-10-15(16(22)20-18(2,9-21)17(19)23)13-8-12(7-11-3-4-11)5-6-14(13)24-10/h5-6,8,11,21H,3-4,7,9H2,1-2H3,(H2,19,23)(H,20,22)/t18-/m0/s1. The number of carbonyl (C=O) groups excluding carboxylic acids is 2. The van der Waals surface area contributed by atoms with Crippen molar-refractivity contribution in [1.29, 1.82) is 0 Å². The van der Waals surface area contributed by atoms with Crippen LogP contribution in [-0.4, -0.2) is 29.1 Å². The predicted molar refractivity (Wildman–Crippen MR) is 89.5 cm³/mol. The van der Waals surface area contributed by atoms with Crippen LogP contribution < -0.4 is 11.1 Å². The third-order valence-electron chi connectivity index (χ3n) is 4.63. The zero-order chi connectivity index (χ0) is 17.5. The average molecular weight is 330 g/mol. The number of aliphatic hydroxyl groups excluding tert-OH is 1. The van der Waals surface area contributed by atoms with E-state index < -0.39 is 24.0 Å². The van der Waals surface area contributed by atoms with Crippen LogP contribution in [-0.2, 0) is 11.2 Å². The second-order valence-corrected chi connectivity index (χ2v) is 6.82. The second-order valence-electron chi connectivity index (χ2n) is 6.82. The number of nitrogens with one attached hydrogen (secondary N) is 1. The Morgan fingerprint density at radius 3 is 2.71 bits per heavy atom. The fraction of sp³-hybridized carbons (Fsp3) is 0.444. The lowest BCUT2D eigenvalue weighted by molar-refractivity contribution is -0.124. The summed E-state index contributed by atoms with van der Waals surface area (Å²) in [5, 5.41) is 12.6. The summed E-state index contributed by atoms with van der Waals surface area (Å²) in [4.78, 5) is 24.2. The zero-order valence-electron chi connectivity index (χ0n) is 13.9. The van der Waals surface area contributed by atoms with E-state index in [0.29, 0.717) is 22.3 Å². The maximum Gasteiger partial charge on any atom is 0.256 e. The lowest BCUT2D eigenvalue weighted by atomic mass is 10.0. The van der Waals surface area contributed by atoms with E-state index in [1.807, 2.05) is 18.2 Å². The summed E-state index contributed by atoms with van der Waals surface area (Å²) in [7, 11) is 0. The van der Waals surface area contributed by atoms with Crippen molar-refractivity contribution in [2.75, 3.05) is 6.61 Å². The highest BCUT2D eigenvalue weighted by molar-refractivity contribution is 6.09. The fourth-order valence-electron chi connectivity index (χ4n) is 2.82. The van der Waals surface area contributed by atoms with Gasteiger partial charge in [-0.05, 0) is 56.7 Å². The molecule has 1 heterocycles. The summed E-state index contributed by atoms with van der Waals surface area (Å²) < 4.78 is 5.66. The van der Waals surface area contributed by atoms with E-state index in [4.69, 9.17) is 10.2 Å². The number of aryl methyl sites for hydroxylation is 1. The predicted octanol–water partition coefficient (Wildman–Crippen LogP) is 1.66.